The number of nitrogens with zero attached hydrogens (tertiary/aromatic N) is 1. The van der Waals surface area contributed by atoms with Gasteiger partial charge in [0.2, 0.25) is 10.0 Å². The Bertz CT molecular complexity index is 534. The Hall–Kier alpha value is -1.07. The van der Waals surface area contributed by atoms with Crippen LogP contribution in [0.15, 0.2) is 18.2 Å². The molecule has 0 radical (unpaired) electrons. The van der Waals surface area contributed by atoms with Gasteiger partial charge in [-0.15, -0.1) is 0 Å². The smallest absolute Gasteiger partial charge is 0.218 e. The van der Waals surface area contributed by atoms with E-state index in [0.717, 1.165) is 36.1 Å². The minimum absolute atomic E-state index is 0.0812. The summed E-state index contributed by atoms with van der Waals surface area (Å²) in [5.74, 6) is 0.872. The highest BCUT2D eigenvalue weighted by Gasteiger charge is 2.24. The summed E-state index contributed by atoms with van der Waals surface area (Å²) in [6, 6.07) is 5.55. The second-order valence-electron chi connectivity index (χ2n) is 5.02. The van der Waals surface area contributed by atoms with E-state index >= 15 is 0 Å². The van der Waals surface area contributed by atoms with Crippen molar-refractivity contribution in [2.75, 3.05) is 20.2 Å². The summed E-state index contributed by atoms with van der Waals surface area (Å²) in [4.78, 5) is 0. The molecule has 2 rings (SSSR count). The second-order valence-corrected chi connectivity index (χ2v) is 6.99. The van der Waals surface area contributed by atoms with Crippen molar-refractivity contribution >= 4 is 10.0 Å². The molecule has 0 aromatic heterocycles. The lowest BCUT2D eigenvalue weighted by molar-refractivity contribution is 0.346. The topological polar surface area (TPSA) is 46.6 Å². The van der Waals surface area contributed by atoms with Crippen LogP contribution >= 0.6 is 0 Å². The Balaban J connectivity index is 2.13. The van der Waals surface area contributed by atoms with E-state index in [-0.39, 0.29) is 5.75 Å². The van der Waals surface area contributed by atoms with Crippen LogP contribution in [0.4, 0.5) is 0 Å². The van der Waals surface area contributed by atoms with Crippen LogP contribution in [0.3, 0.4) is 0 Å². The van der Waals surface area contributed by atoms with E-state index in [9.17, 15) is 8.42 Å². The average Bonchev–Trinajstić information content (AvgIpc) is 2.39. The lowest BCUT2D eigenvalue weighted by atomic mass is 10.1. The first-order chi connectivity index (χ1) is 9.03. The first-order valence-corrected chi connectivity index (χ1v) is 8.25. The normalized spacial score (nSPS) is 17.4. The predicted octanol–water partition coefficient (Wildman–Crippen LogP) is 2.32. The van der Waals surface area contributed by atoms with Crippen molar-refractivity contribution in [3.63, 3.8) is 0 Å². The number of rotatable bonds is 4. The number of ether oxygens (including phenoxy) is 1. The summed E-state index contributed by atoms with van der Waals surface area (Å²) in [5, 5.41) is 0. The van der Waals surface area contributed by atoms with Gasteiger partial charge in [-0.3, -0.25) is 0 Å². The molecule has 1 aromatic carbocycles. The highest BCUT2D eigenvalue weighted by Crippen LogP contribution is 2.22. The molecule has 1 aliphatic heterocycles. The van der Waals surface area contributed by atoms with Gasteiger partial charge in [0.15, 0.2) is 0 Å². The van der Waals surface area contributed by atoms with Crippen LogP contribution in [0.25, 0.3) is 0 Å². The summed E-state index contributed by atoms with van der Waals surface area (Å²) in [6.07, 6.45) is 3.08. The molecule has 0 saturated carbocycles. The highest BCUT2D eigenvalue weighted by molar-refractivity contribution is 7.88. The Morgan fingerprint density at radius 3 is 2.47 bits per heavy atom. The van der Waals surface area contributed by atoms with Gasteiger partial charge in [-0.1, -0.05) is 18.6 Å². The standard InChI is InChI=1S/C14H21NO3S/c1-12-10-13(6-7-14(12)18-2)11-19(16,17)15-8-4-3-5-9-15/h6-7,10H,3-5,8-9,11H2,1-2H3. The lowest BCUT2D eigenvalue weighted by Crippen LogP contribution is -2.36. The highest BCUT2D eigenvalue weighted by atomic mass is 32.2. The summed E-state index contributed by atoms with van der Waals surface area (Å²) in [6.45, 7) is 3.25. The monoisotopic (exact) mass is 283 g/mol. The molecule has 4 nitrogen and oxygen atoms in total. The molecule has 1 saturated heterocycles. The lowest BCUT2D eigenvalue weighted by Gasteiger charge is -2.26. The third-order valence-electron chi connectivity index (χ3n) is 3.52. The van der Waals surface area contributed by atoms with E-state index < -0.39 is 10.0 Å². The van der Waals surface area contributed by atoms with Gasteiger partial charge in [0.05, 0.1) is 12.9 Å². The fourth-order valence-corrected chi connectivity index (χ4v) is 4.07. The maximum absolute atomic E-state index is 12.3. The Labute approximate surface area is 115 Å². The van der Waals surface area contributed by atoms with E-state index in [1.165, 1.54) is 0 Å². The molecule has 1 aromatic rings. The van der Waals surface area contributed by atoms with Crippen LogP contribution in [-0.2, 0) is 15.8 Å². The van der Waals surface area contributed by atoms with Crippen molar-refractivity contribution in [2.24, 2.45) is 0 Å². The maximum Gasteiger partial charge on any atom is 0.218 e. The Morgan fingerprint density at radius 2 is 1.89 bits per heavy atom. The summed E-state index contributed by atoms with van der Waals surface area (Å²) in [5.41, 5.74) is 1.79. The second kappa shape index (κ2) is 5.92. The molecule has 0 aliphatic carbocycles. The molecule has 19 heavy (non-hydrogen) atoms. The van der Waals surface area contributed by atoms with Gasteiger partial charge in [-0.25, -0.2) is 12.7 Å². The molecule has 106 valence electrons. The van der Waals surface area contributed by atoms with Crippen molar-refractivity contribution in [1.29, 1.82) is 0 Å². The number of hydrogen-bond donors (Lipinski definition) is 0. The fraction of sp³-hybridized carbons (Fsp3) is 0.571. The maximum atomic E-state index is 12.3. The van der Waals surface area contributed by atoms with Gasteiger partial charge in [0.25, 0.3) is 0 Å². The molecule has 1 fully saturated rings. The van der Waals surface area contributed by atoms with Crippen LogP contribution in [0.1, 0.15) is 30.4 Å². The van der Waals surface area contributed by atoms with Crippen LogP contribution in [0.2, 0.25) is 0 Å². The molecule has 0 bridgehead atoms. The van der Waals surface area contributed by atoms with Gasteiger partial charge >= 0.3 is 0 Å². The van der Waals surface area contributed by atoms with E-state index in [2.05, 4.69) is 0 Å². The van der Waals surface area contributed by atoms with Gasteiger partial charge in [0.1, 0.15) is 5.75 Å². The van der Waals surface area contributed by atoms with E-state index in [4.69, 9.17) is 4.74 Å². The van der Waals surface area contributed by atoms with Crippen LogP contribution in [0, 0.1) is 6.92 Å². The van der Waals surface area contributed by atoms with Crippen LogP contribution in [-0.4, -0.2) is 32.9 Å². The molecule has 0 unspecified atom stereocenters. The molecule has 0 amide bonds. The van der Waals surface area contributed by atoms with Crippen LogP contribution in [0.5, 0.6) is 5.75 Å². The molecular formula is C14H21NO3S. The van der Waals surface area contributed by atoms with Crippen molar-refractivity contribution in [3.05, 3.63) is 29.3 Å². The Kier molecular flexibility index (Phi) is 4.47. The number of sulfonamides is 1. The summed E-state index contributed by atoms with van der Waals surface area (Å²) >= 11 is 0. The quantitative estimate of drug-likeness (QED) is 0.852. The zero-order valence-electron chi connectivity index (χ0n) is 11.6. The van der Waals surface area contributed by atoms with E-state index in [1.54, 1.807) is 11.4 Å². The number of piperidine rings is 1. The molecule has 1 aliphatic rings. The predicted molar refractivity (Wildman–Crippen MR) is 75.8 cm³/mol. The molecule has 1 heterocycles. The van der Waals surface area contributed by atoms with Crippen molar-refractivity contribution in [2.45, 2.75) is 31.9 Å². The van der Waals surface area contributed by atoms with Crippen molar-refractivity contribution < 1.29 is 13.2 Å². The SMILES string of the molecule is COc1ccc(CS(=O)(=O)N2CCCCC2)cc1C. The third kappa shape index (κ3) is 3.48. The minimum Gasteiger partial charge on any atom is -0.496 e. The Morgan fingerprint density at radius 1 is 1.21 bits per heavy atom. The molecule has 5 heteroatoms. The zero-order valence-corrected chi connectivity index (χ0v) is 12.4. The number of hydrogen-bond acceptors (Lipinski definition) is 3. The molecule has 0 spiro atoms. The van der Waals surface area contributed by atoms with E-state index in [0.29, 0.717) is 13.1 Å². The zero-order chi connectivity index (χ0) is 13.9. The molecular weight excluding hydrogens is 262 g/mol. The summed E-state index contributed by atoms with van der Waals surface area (Å²) < 4.78 is 31.4. The number of benzene rings is 1. The van der Waals surface area contributed by atoms with E-state index in [1.807, 2.05) is 25.1 Å². The van der Waals surface area contributed by atoms with Crippen molar-refractivity contribution in [1.82, 2.24) is 4.31 Å². The van der Waals surface area contributed by atoms with Gasteiger partial charge < -0.3 is 4.74 Å². The van der Waals surface area contributed by atoms with Crippen molar-refractivity contribution in [3.8, 4) is 5.75 Å². The first kappa shape index (κ1) is 14.3. The minimum atomic E-state index is -3.18. The largest absolute Gasteiger partial charge is 0.496 e. The number of methoxy groups -OCH3 is 1. The van der Waals surface area contributed by atoms with Gasteiger partial charge in [-0.05, 0) is 37.0 Å². The van der Waals surface area contributed by atoms with Gasteiger partial charge in [0, 0.05) is 13.1 Å². The van der Waals surface area contributed by atoms with Gasteiger partial charge in [-0.2, -0.15) is 0 Å². The summed E-state index contributed by atoms with van der Waals surface area (Å²) in [7, 11) is -1.56. The third-order valence-corrected chi connectivity index (χ3v) is 5.37. The number of aryl methyl sites for hydroxylation is 1. The van der Waals surface area contributed by atoms with Crippen LogP contribution < -0.4 is 4.74 Å². The molecule has 0 N–H and O–H groups in total. The molecule has 0 atom stereocenters. The first-order valence-electron chi connectivity index (χ1n) is 6.64. The fourth-order valence-electron chi connectivity index (χ4n) is 2.48. The average molecular weight is 283 g/mol.